The number of rotatable bonds is 3. The second-order valence-electron chi connectivity index (χ2n) is 8.09. The van der Waals surface area contributed by atoms with Gasteiger partial charge in [0.15, 0.2) is 0 Å². The fourth-order valence-corrected chi connectivity index (χ4v) is 4.63. The molecule has 2 N–H and O–H groups in total. The van der Waals surface area contributed by atoms with Gasteiger partial charge >= 0.3 is 0 Å². The van der Waals surface area contributed by atoms with Gasteiger partial charge in [0.25, 0.3) is 0 Å². The van der Waals surface area contributed by atoms with Crippen LogP contribution in [0.5, 0.6) is 0 Å². The van der Waals surface area contributed by atoms with Crippen molar-refractivity contribution in [2.45, 2.75) is 0 Å². The summed E-state index contributed by atoms with van der Waals surface area (Å²) in [7, 11) is 0. The highest BCUT2D eigenvalue weighted by atomic mass is 15.1. The van der Waals surface area contributed by atoms with Gasteiger partial charge in [0.2, 0.25) is 0 Å². The SMILES string of the molecule is Nc1ccc(N(c2ccccc2)c2cccc3cc4ccccc4cc23)c2ccccc12. The molecule has 152 valence electrons. The summed E-state index contributed by atoms with van der Waals surface area (Å²) in [6.07, 6.45) is 0. The number of nitrogens with zero attached hydrogens (tertiary/aromatic N) is 1. The van der Waals surface area contributed by atoms with Crippen molar-refractivity contribution in [3.8, 4) is 0 Å². The molecule has 0 spiro atoms. The third kappa shape index (κ3) is 2.97. The van der Waals surface area contributed by atoms with E-state index in [1.165, 1.54) is 21.5 Å². The third-order valence-electron chi connectivity index (χ3n) is 6.15. The zero-order valence-corrected chi connectivity index (χ0v) is 17.6. The molecule has 0 atom stereocenters. The number of para-hydroxylation sites is 1. The van der Waals surface area contributed by atoms with Crippen molar-refractivity contribution in [2.24, 2.45) is 0 Å². The van der Waals surface area contributed by atoms with Gasteiger partial charge in [-0.1, -0.05) is 78.9 Å². The van der Waals surface area contributed by atoms with Crippen molar-refractivity contribution in [3.05, 3.63) is 121 Å². The number of benzene rings is 6. The van der Waals surface area contributed by atoms with Crippen molar-refractivity contribution in [2.75, 3.05) is 10.6 Å². The molecule has 6 aromatic rings. The largest absolute Gasteiger partial charge is 0.398 e. The average Bonchev–Trinajstić information content (AvgIpc) is 2.85. The number of hydrogen-bond donors (Lipinski definition) is 1. The van der Waals surface area contributed by atoms with Crippen LogP contribution in [0.25, 0.3) is 32.3 Å². The Morgan fingerprint density at radius 2 is 1.06 bits per heavy atom. The summed E-state index contributed by atoms with van der Waals surface area (Å²) in [6.45, 7) is 0. The Kier molecular flexibility index (Phi) is 4.29. The summed E-state index contributed by atoms with van der Waals surface area (Å²) in [5.41, 5.74) is 10.5. The Morgan fingerprint density at radius 3 is 1.88 bits per heavy atom. The highest BCUT2D eigenvalue weighted by molar-refractivity contribution is 6.10. The summed E-state index contributed by atoms with van der Waals surface area (Å²) in [5, 5.41) is 7.13. The minimum Gasteiger partial charge on any atom is -0.398 e. The highest BCUT2D eigenvalue weighted by Crippen LogP contribution is 2.43. The first-order valence-corrected chi connectivity index (χ1v) is 10.8. The van der Waals surface area contributed by atoms with Crippen LogP contribution >= 0.6 is 0 Å². The van der Waals surface area contributed by atoms with Gasteiger partial charge in [-0.05, 0) is 58.6 Å². The Balaban J connectivity index is 1.70. The van der Waals surface area contributed by atoms with Crippen LogP contribution in [0.1, 0.15) is 0 Å². The van der Waals surface area contributed by atoms with Gasteiger partial charge in [0.05, 0.1) is 11.4 Å². The molecule has 0 bridgehead atoms. The lowest BCUT2D eigenvalue weighted by atomic mass is 10.00. The van der Waals surface area contributed by atoms with Crippen LogP contribution in [0.4, 0.5) is 22.7 Å². The average molecular weight is 411 g/mol. The molecular formula is C30H22N2. The maximum atomic E-state index is 6.34. The second kappa shape index (κ2) is 7.44. The lowest BCUT2D eigenvalue weighted by molar-refractivity contribution is 1.31. The van der Waals surface area contributed by atoms with E-state index in [4.69, 9.17) is 5.73 Å². The summed E-state index contributed by atoms with van der Waals surface area (Å²) in [5.74, 6) is 0. The molecule has 0 radical (unpaired) electrons. The monoisotopic (exact) mass is 410 g/mol. The molecule has 0 saturated carbocycles. The zero-order valence-electron chi connectivity index (χ0n) is 17.6. The minimum absolute atomic E-state index is 0.793. The molecule has 0 aliphatic heterocycles. The first-order chi connectivity index (χ1) is 15.8. The molecular weight excluding hydrogens is 388 g/mol. The van der Waals surface area contributed by atoms with Gasteiger partial charge in [-0.15, -0.1) is 0 Å². The van der Waals surface area contributed by atoms with E-state index >= 15 is 0 Å². The van der Waals surface area contributed by atoms with Crippen molar-refractivity contribution >= 4 is 55.1 Å². The Bertz CT molecular complexity index is 1590. The van der Waals surface area contributed by atoms with Crippen molar-refractivity contribution in [3.63, 3.8) is 0 Å². The number of hydrogen-bond acceptors (Lipinski definition) is 2. The summed E-state index contributed by atoms with van der Waals surface area (Å²) in [6, 6.07) is 42.7. The highest BCUT2D eigenvalue weighted by Gasteiger charge is 2.18. The third-order valence-corrected chi connectivity index (χ3v) is 6.15. The van der Waals surface area contributed by atoms with Crippen LogP contribution < -0.4 is 10.6 Å². The fraction of sp³-hybridized carbons (Fsp3) is 0. The van der Waals surface area contributed by atoms with E-state index in [-0.39, 0.29) is 0 Å². The Morgan fingerprint density at radius 1 is 0.438 bits per heavy atom. The van der Waals surface area contributed by atoms with Crippen molar-refractivity contribution in [1.82, 2.24) is 0 Å². The minimum atomic E-state index is 0.793. The van der Waals surface area contributed by atoms with E-state index in [0.29, 0.717) is 0 Å². The van der Waals surface area contributed by atoms with E-state index in [9.17, 15) is 0 Å². The predicted octanol–water partition coefficient (Wildman–Crippen LogP) is 8.20. The zero-order chi connectivity index (χ0) is 21.5. The second-order valence-corrected chi connectivity index (χ2v) is 8.09. The first kappa shape index (κ1) is 18.5. The molecule has 0 aliphatic rings. The van der Waals surface area contributed by atoms with E-state index in [1.807, 2.05) is 12.1 Å². The maximum Gasteiger partial charge on any atom is 0.0541 e. The Labute approximate surface area is 187 Å². The molecule has 0 fully saturated rings. The van der Waals surface area contributed by atoms with Crippen LogP contribution in [0.2, 0.25) is 0 Å². The molecule has 32 heavy (non-hydrogen) atoms. The number of anilines is 4. The Hall–Kier alpha value is -4.30. The van der Waals surface area contributed by atoms with E-state index in [1.54, 1.807) is 0 Å². The molecule has 2 nitrogen and oxygen atoms in total. The van der Waals surface area contributed by atoms with Gasteiger partial charge in [-0.2, -0.15) is 0 Å². The normalized spacial score (nSPS) is 11.2. The molecule has 0 aromatic heterocycles. The topological polar surface area (TPSA) is 29.3 Å². The molecule has 6 aromatic carbocycles. The number of nitrogen functional groups attached to an aromatic ring is 1. The van der Waals surface area contributed by atoms with Crippen LogP contribution in [-0.2, 0) is 0 Å². The van der Waals surface area contributed by atoms with E-state index in [2.05, 4.69) is 114 Å². The van der Waals surface area contributed by atoms with Crippen LogP contribution in [-0.4, -0.2) is 0 Å². The summed E-state index contributed by atoms with van der Waals surface area (Å²) in [4.78, 5) is 2.35. The smallest absolute Gasteiger partial charge is 0.0541 e. The standard InChI is InChI=1S/C30H22N2/c31-28-17-18-30(26-15-7-6-14-25(26)28)32(24-12-2-1-3-13-24)29-16-8-11-23-19-21-9-4-5-10-22(21)20-27(23)29/h1-20H,31H2. The molecule has 0 heterocycles. The molecule has 0 unspecified atom stereocenters. The summed E-state index contributed by atoms with van der Waals surface area (Å²) < 4.78 is 0. The van der Waals surface area contributed by atoms with Gasteiger partial charge < -0.3 is 10.6 Å². The molecule has 2 heteroatoms. The fourth-order valence-electron chi connectivity index (χ4n) is 4.63. The summed E-state index contributed by atoms with van der Waals surface area (Å²) >= 11 is 0. The predicted molar refractivity (Wildman–Crippen MR) is 138 cm³/mol. The maximum absolute atomic E-state index is 6.34. The van der Waals surface area contributed by atoms with Gasteiger partial charge in [0, 0.05) is 27.5 Å². The van der Waals surface area contributed by atoms with Crippen LogP contribution in [0, 0.1) is 0 Å². The molecule has 0 saturated heterocycles. The van der Waals surface area contributed by atoms with Crippen LogP contribution in [0.15, 0.2) is 121 Å². The van der Waals surface area contributed by atoms with Gasteiger partial charge in [-0.3, -0.25) is 0 Å². The molecule has 6 rings (SSSR count). The lowest BCUT2D eigenvalue weighted by Gasteiger charge is -2.28. The molecule has 0 aliphatic carbocycles. The number of nitrogens with two attached hydrogens (primary N) is 1. The molecule has 0 amide bonds. The van der Waals surface area contributed by atoms with Crippen LogP contribution in [0.3, 0.4) is 0 Å². The lowest BCUT2D eigenvalue weighted by Crippen LogP contribution is -2.11. The quantitative estimate of drug-likeness (QED) is 0.235. The number of fused-ring (bicyclic) bond motifs is 3. The van der Waals surface area contributed by atoms with Crippen molar-refractivity contribution in [1.29, 1.82) is 0 Å². The van der Waals surface area contributed by atoms with Gasteiger partial charge in [-0.25, -0.2) is 0 Å². The first-order valence-electron chi connectivity index (χ1n) is 10.8. The van der Waals surface area contributed by atoms with E-state index < -0.39 is 0 Å². The van der Waals surface area contributed by atoms with E-state index in [0.717, 1.165) is 33.5 Å². The van der Waals surface area contributed by atoms with Gasteiger partial charge in [0.1, 0.15) is 0 Å². The van der Waals surface area contributed by atoms with Crippen molar-refractivity contribution < 1.29 is 0 Å².